The monoisotopic (exact) mass is 342 g/mol. The number of cyclic esters (lactones) is 1. The maximum atomic E-state index is 12.4. The van der Waals surface area contributed by atoms with E-state index in [1.807, 2.05) is 73.7 Å². The van der Waals surface area contributed by atoms with Gasteiger partial charge in [0.25, 0.3) is 0 Å². The van der Waals surface area contributed by atoms with Gasteiger partial charge in [-0.25, -0.2) is 4.79 Å². The van der Waals surface area contributed by atoms with Crippen LogP contribution in [0.2, 0.25) is 0 Å². The van der Waals surface area contributed by atoms with Gasteiger partial charge in [-0.15, -0.1) is 0 Å². The average molecular weight is 342 g/mol. The molecule has 1 aliphatic heterocycles. The Bertz CT molecular complexity index is 1060. The molecule has 1 heterocycles. The molecule has 26 heavy (non-hydrogen) atoms. The predicted octanol–water partition coefficient (Wildman–Crippen LogP) is 5.14. The number of fused-ring (bicyclic) bond motifs is 1. The summed E-state index contributed by atoms with van der Waals surface area (Å²) in [6.45, 7) is 2.02. The molecule has 0 bridgehead atoms. The smallest absolute Gasteiger partial charge is 0.343 e. The lowest BCUT2D eigenvalue weighted by Gasteiger charge is -2.09. The Kier molecular flexibility index (Phi) is 4.05. The molecular weight excluding hydrogens is 324 g/mol. The summed E-state index contributed by atoms with van der Waals surface area (Å²) < 4.78 is 11.0. The summed E-state index contributed by atoms with van der Waals surface area (Å²) in [5, 5.41) is 2.12. The van der Waals surface area contributed by atoms with E-state index in [1.165, 1.54) is 0 Å². The van der Waals surface area contributed by atoms with Crippen LogP contribution in [-0.2, 0) is 9.53 Å². The Labute approximate surface area is 152 Å². The van der Waals surface area contributed by atoms with E-state index in [-0.39, 0.29) is 5.97 Å². The van der Waals surface area contributed by atoms with Crippen molar-refractivity contribution in [3.8, 4) is 5.75 Å². The molecule has 128 valence electrons. The van der Waals surface area contributed by atoms with E-state index in [0.717, 1.165) is 33.2 Å². The third-order valence-corrected chi connectivity index (χ3v) is 4.51. The van der Waals surface area contributed by atoms with E-state index < -0.39 is 0 Å². The number of aryl methyl sites for hydroxylation is 1. The van der Waals surface area contributed by atoms with E-state index in [2.05, 4.69) is 0 Å². The lowest BCUT2D eigenvalue weighted by atomic mass is 10.0. The first-order valence-electron chi connectivity index (χ1n) is 8.44. The summed E-state index contributed by atoms with van der Waals surface area (Å²) in [6, 6.07) is 19.9. The molecule has 3 heteroatoms. The highest BCUT2D eigenvalue weighted by Gasteiger charge is 2.22. The zero-order valence-electron chi connectivity index (χ0n) is 14.7. The fraction of sp³-hybridized carbons (Fsp3) is 0.0870. The third kappa shape index (κ3) is 2.88. The van der Waals surface area contributed by atoms with Gasteiger partial charge in [0.2, 0.25) is 0 Å². The molecule has 0 aromatic heterocycles. The topological polar surface area (TPSA) is 35.5 Å². The number of carbonyl (C=O) groups excluding carboxylic acids is 1. The van der Waals surface area contributed by atoms with Crippen LogP contribution in [0.5, 0.6) is 5.75 Å². The van der Waals surface area contributed by atoms with Gasteiger partial charge in [-0.2, -0.15) is 0 Å². The predicted molar refractivity (Wildman–Crippen MR) is 104 cm³/mol. The van der Waals surface area contributed by atoms with E-state index in [1.54, 1.807) is 13.2 Å². The van der Waals surface area contributed by atoms with Crippen molar-refractivity contribution in [3.05, 3.63) is 89.0 Å². The van der Waals surface area contributed by atoms with Crippen LogP contribution < -0.4 is 4.74 Å². The summed E-state index contributed by atoms with van der Waals surface area (Å²) >= 11 is 0. The second-order valence-electron chi connectivity index (χ2n) is 6.27. The Balaban J connectivity index is 1.82. The van der Waals surface area contributed by atoms with Gasteiger partial charge in [-0.1, -0.05) is 60.2 Å². The highest BCUT2D eigenvalue weighted by Crippen LogP contribution is 2.33. The number of hydrogen-bond donors (Lipinski definition) is 0. The third-order valence-electron chi connectivity index (χ3n) is 4.51. The van der Waals surface area contributed by atoms with Crippen LogP contribution in [0.1, 0.15) is 16.7 Å². The van der Waals surface area contributed by atoms with Gasteiger partial charge >= 0.3 is 5.97 Å². The van der Waals surface area contributed by atoms with Crippen LogP contribution in [0.25, 0.3) is 22.6 Å². The number of ether oxygens (including phenoxy) is 2. The molecule has 0 spiro atoms. The summed E-state index contributed by atoms with van der Waals surface area (Å²) in [4.78, 5) is 12.4. The number of carbonyl (C=O) groups is 1. The van der Waals surface area contributed by atoms with Gasteiger partial charge in [0, 0.05) is 11.1 Å². The Morgan fingerprint density at radius 1 is 0.962 bits per heavy atom. The molecule has 0 N–H and O–H groups in total. The van der Waals surface area contributed by atoms with E-state index in [0.29, 0.717) is 11.3 Å². The lowest BCUT2D eigenvalue weighted by Crippen LogP contribution is -1.98. The molecular formula is C23H18O3. The molecule has 0 unspecified atom stereocenters. The minimum absolute atomic E-state index is 0.351. The van der Waals surface area contributed by atoms with Crippen molar-refractivity contribution in [2.75, 3.05) is 7.11 Å². The zero-order chi connectivity index (χ0) is 18.1. The van der Waals surface area contributed by atoms with Crippen molar-refractivity contribution in [1.82, 2.24) is 0 Å². The highest BCUT2D eigenvalue weighted by molar-refractivity contribution is 6.07. The van der Waals surface area contributed by atoms with Crippen molar-refractivity contribution in [1.29, 1.82) is 0 Å². The van der Waals surface area contributed by atoms with Crippen LogP contribution in [-0.4, -0.2) is 13.1 Å². The highest BCUT2D eigenvalue weighted by atomic mass is 16.5. The van der Waals surface area contributed by atoms with Crippen LogP contribution in [0.3, 0.4) is 0 Å². The molecule has 0 aliphatic carbocycles. The minimum atomic E-state index is -0.351. The molecule has 0 saturated heterocycles. The van der Waals surface area contributed by atoms with Gasteiger partial charge in [0.15, 0.2) is 0 Å². The fourth-order valence-corrected chi connectivity index (χ4v) is 3.11. The summed E-state index contributed by atoms with van der Waals surface area (Å²) in [5.41, 5.74) is 3.43. The first kappa shape index (κ1) is 16.2. The Hall–Kier alpha value is -3.33. The molecule has 4 rings (SSSR count). The number of methoxy groups -OCH3 is 1. The van der Waals surface area contributed by atoms with E-state index in [9.17, 15) is 4.79 Å². The standard InChI is InChI=1S/C23H18O3/c1-15-7-9-17(10-8-15)22-14-18(23(24)26-22)13-20-19-6-4-3-5-16(19)11-12-21(20)25-2/h3-14H,1-2H3/b18-13-. The van der Waals surface area contributed by atoms with Crippen LogP contribution >= 0.6 is 0 Å². The van der Waals surface area contributed by atoms with Gasteiger partial charge in [0.1, 0.15) is 11.5 Å². The number of benzene rings is 3. The molecule has 0 saturated carbocycles. The summed E-state index contributed by atoms with van der Waals surface area (Å²) in [6.07, 6.45) is 3.62. The summed E-state index contributed by atoms with van der Waals surface area (Å²) in [5.74, 6) is 0.942. The zero-order valence-corrected chi connectivity index (χ0v) is 14.7. The number of rotatable bonds is 3. The Morgan fingerprint density at radius 3 is 2.50 bits per heavy atom. The molecule has 3 nitrogen and oxygen atoms in total. The van der Waals surface area contributed by atoms with E-state index in [4.69, 9.17) is 9.47 Å². The molecule has 1 aliphatic rings. The van der Waals surface area contributed by atoms with E-state index >= 15 is 0 Å². The normalized spacial score (nSPS) is 15.2. The average Bonchev–Trinajstić information content (AvgIpc) is 3.03. The molecule has 0 radical (unpaired) electrons. The van der Waals surface area contributed by atoms with Gasteiger partial charge < -0.3 is 9.47 Å². The quantitative estimate of drug-likeness (QED) is 0.488. The molecule has 3 aromatic carbocycles. The largest absolute Gasteiger partial charge is 0.496 e. The fourth-order valence-electron chi connectivity index (χ4n) is 3.11. The van der Waals surface area contributed by atoms with Crippen molar-refractivity contribution in [2.24, 2.45) is 0 Å². The lowest BCUT2D eigenvalue weighted by molar-refractivity contribution is -0.130. The SMILES string of the molecule is COc1ccc2ccccc2c1/C=C1/C=C(c2ccc(C)cc2)OC1=O. The molecule has 0 fully saturated rings. The maximum Gasteiger partial charge on any atom is 0.343 e. The number of esters is 1. The van der Waals surface area contributed by atoms with Crippen LogP contribution in [0.15, 0.2) is 72.3 Å². The van der Waals surface area contributed by atoms with Crippen molar-refractivity contribution in [2.45, 2.75) is 6.92 Å². The maximum absolute atomic E-state index is 12.4. The van der Waals surface area contributed by atoms with Crippen molar-refractivity contribution in [3.63, 3.8) is 0 Å². The minimum Gasteiger partial charge on any atom is -0.496 e. The van der Waals surface area contributed by atoms with Crippen LogP contribution in [0, 0.1) is 6.92 Å². The second-order valence-corrected chi connectivity index (χ2v) is 6.27. The summed E-state index contributed by atoms with van der Waals surface area (Å²) in [7, 11) is 1.63. The first-order chi connectivity index (χ1) is 12.7. The Morgan fingerprint density at radius 2 is 1.73 bits per heavy atom. The van der Waals surface area contributed by atoms with Gasteiger partial charge in [-0.3, -0.25) is 0 Å². The first-order valence-corrected chi connectivity index (χ1v) is 8.44. The van der Waals surface area contributed by atoms with Crippen molar-refractivity contribution < 1.29 is 14.3 Å². The van der Waals surface area contributed by atoms with Crippen molar-refractivity contribution >= 4 is 28.6 Å². The molecule has 3 aromatic rings. The van der Waals surface area contributed by atoms with Gasteiger partial charge in [0.05, 0.1) is 12.7 Å². The second kappa shape index (κ2) is 6.52. The van der Waals surface area contributed by atoms with Gasteiger partial charge in [-0.05, 0) is 35.9 Å². The number of hydrogen-bond acceptors (Lipinski definition) is 3. The molecule has 0 atom stereocenters. The molecule has 0 amide bonds. The van der Waals surface area contributed by atoms with Crippen LogP contribution in [0.4, 0.5) is 0 Å².